The van der Waals surface area contributed by atoms with Crippen molar-refractivity contribution in [2.45, 2.75) is 38.3 Å². The Kier molecular flexibility index (Phi) is 2.84. The predicted molar refractivity (Wildman–Crippen MR) is 60.9 cm³/mol. The number of pyridine rings is 1. The lowest BCUT2D eigenvalue weighted by Gasteiger charge is -2.34. The van der Waals surface area contributed by atoms with E-state index in [1.807, 2.05) is 0 Å². The Morgan fingerprint density at radius 3 is 2.81 bits per heavy atom. The first-order chi connectivity index (χ1) is 7.48. The van der Waals surface area contributed by atoms with Gasteiger partial charge in [-0.15, -0.1) is 0 Å². The van der Waals surface area contributed by atoms with Gasteiger partial charge in [0.1, 0.15) is 11.6 Å². The molecule has 0 aliphatic carbocycles. The normalized spacial score (nSPS) is 21.5. The summed E-state index contributed by atoms with van der Waals surface area (Å²) in [5.41, 5.74) is -0.757. The van der Waals surface area contributed by atoms with Crippen molar-refractivity contribution in [1.29, 1.82) is 0 Å². The summed E-state index contributed by atoms with van der Waals surface area (Å²) in [6.45, 7) is 4.48. The Bertz CT molecular complexity index is 358. The Labute approximate surface area is 94.9 Å². The van der Waals surface area contributed by atoms with Crippen LogP contribution in [-0.4, -0.2) is 28.3 Å². The molecule has 1 saturated heterocycles. The van der Waals surface area contributed by atoms with Crippen molar-refractivity contribution in [2.75, 3.05) is 11.4 Å². The van der Waals surface area contributed by atoms with Crippen LogP contribution in [0.5, 0.6) is 0 Å². The Morgan fingerprint density at radius 2 is 2.25 bits per heavy atom. The molecular formula is C12H17FN2O. The molecule has 88 valence electrons. The molecule has 1 N–H and O–H groups in total. The maximum absolute atomic E-state index is 12.8. The molecule has 4 heteroatoms. The summed E-state index contributed by atoms with van der Waals surface area (Å²) >= 11 is 0. The van der Waals surface area contributed by atoms with Gasteiger partial charge in [-0.1, -0.05) is 0 Å². The van der Waals surface area contributed by atoms with Crippen LogP contribution in [0.25, 0.3) is 0 Å². The highest BCUT2D eigenvalue weighted by Crippen LogP contribution is 2.30. The molecule has 0 radical (unpaired) electrons. The first kappa shape index (κ1) is 11.3. The van der Waals surface area contributed by atoms with Crippen molar-refractivity contribution in [3.8, 4) is 0 Å². The molecule has 16 heavy (non-hydrogen) atoms. The Balaban J connectivity index is 2.23. The van der Waals surface area contributed by atoms with E-state index in [9.17, 15) is 9.50 Å². The molecule has 1 aliphatic heterocycles. The number of rotatable bonds is 2. The van der Waals surface area contributed by atoms with E-state index in [0.717, 1.165) is 25.2 Å². The van der Waals surface area contributed by atoms with Gasteiger partial charge in [-0.25, -0.2) is 9.37 Å². The van der Waals surface area contributed by atoms with Gasteiger partial charge in [0.05, 0.1) is 17.8 Å². The standard InChI is InChI=1S/C12H17FN2O/c1-12(2,16)10-4-3-7-15(10)11-6-5-9(13)8-14-11/h5-6,8,10,16H,3-4,7H2,1-2H3/t10-/m0/s1. The highest BCUT2D eigenvalue weighted by Gasteiger charge is 2.36. The number of aromatic nitrogens is 1. The van der Waals surface area contributed by atoms with E-state index in [1.54, 1.807) is 19.9 Å². The third-order valence-electron chi connectivity index (χ3n) is 3.07. The summed E-state index contributed by atoms with van der Waals surface area (Å²) in [5.74, 6) is 0.411. The van der Waals surface area contributed by atoms with Crippen molar-refractivity contribution in [3.63, 3.8) is 0 Å². The van der Waals surface area contributed by atoms with Crippen LogP contribution < -0.4 is 4.90 Å². The van der Waals surface area contributed by atoms with E-state index >= 15 is 0 Å². The monoisotopic (exact) mass is 224 g/mol. The maximum atomic E-state index is 12.8. The highest BCUT2D eigenvalue weighted by atomic mass is 19.1. The minimum atomic E-state index is -0.757. The molecule has 0 amide bonds. The zero-order chi connectivity index (χ0) is 11.8. The molecule has 0 spiro atoms. The van der Waals surface area contributed by atoms with E-state index in [1.165, 1.54) is 12.3 Å². The molecule has 0 unspecified atom stereocenters. The predicted octanol–water partition coefficient (Wildman–Crippen LogP) is 1.96. The molecule has 1 atom stereocenters. The number of aliphatic hydroxyl groups is 1. The molecule has 1 fully saturated rings. The first-order valence-corrected chi connectivity index (χ1v) is 5.59. The fourth-order valence-corrected chi connectivity index (χ4v) is 2.31. The third kappa shape index (κ3) is 2.16. The number of hydrogen-bond donors (Lipinski definition) is 1. The van der Waals surface area contributed by atoms with E-state index in [-0.39, 0.29) is 11.9 Å². The van der Waals surface area contributed by atoms with E-state index in [0.29, 0.717) is 0 Å². The SMILES string of the molecule is CC(C)(O)[C@@H]1CCCN1c1ccc(F)cn1. The van der Waals surface area contributed by atoms with Crippen LogP contribution in [0.1, 0.15) is 26.7 Å². The quantitative estimate of drug-likeness (QED) is 0.834. The van der Waals surface area contributed by atoms with Gasteiger partial charge in [0.25, 0.3) is 0 Å². The van der Waals surface area contributed by atoms with Crippen LogP contribution in [0.2, 0.25) is 0 Å². The van der Waals surface area contributed by atoms with Crippen molar-refractivity contribution in [3.05, 3.63) is 24.1 Å². The zero-order valence-electron chi connectivity index (χ0n) is 9.65. The summed E-state index contributed by atoms with van der Waals surface area (Å²) in [7, 11) is 0. The topological polar surface area (TPSA) is 36.4 Å². The summed E-state index contributed by atoms with van der Waals surface area (Å²) in [5, 5.41) is 10.1. The smallest absolute Gasteiger partial charge is 0.141 e. The molecule has 0 bridgehead atoms. The lowest BCUT2D eigenvalue weighted by Crippen LogP contribution is -2.46. The maximum Gasteiger partial charge on any atom is 0.141 e. The summed E-state index contributed by atoms with van der Waals surface area (Å²) in [6.07, 6.45) is 3.20. The third-order valence-corrected chi connectivity index (χ3v) is 3.07. The van der Waals surface area contributed by atoms with E-state index < -0.39 is 5.60 Å². The van der Waals surface area contributed by atoms with Gasteiger partial charge in [-0.05, 0) is 38.8 Å². The first-order valence-electron chi connectivity index (χ1n) is 5.59. The van der Waals surface area contributed by atoms with Crippen LogP contribution in [0, 0.1) is 5.82 Å². The molecule has 2 rings (SSSR count). The lowest BCUT2D eigenvalue weighted by atomic mass is 9.97. The minimum absolute atomic E-state index is 0.0606. The number of nitrogens with zero attached hydrogens (tertiary/aromatic N) is 2. The second kappa shape index (κ2) is 4.01. The van der Waals surface area contributed by atoms with Gasteiger partial charge >= 0.3 is 0 Å². The van der Waals surface area contributed by atoms with E-state index in [4.69, 9.17) is 0 Å². The van der Waals surface area contributed by atoms with Crippen LogP contribution in [0.3, 0.4) is 0 Å². The average molecular weight is 224 g/mol. The summed E-state index contributed by atoms with van der Waals surface area (Å²) in [4.78, 5) is 6.12. The molecule has 1 aliphatic rings. The fraction of sp³-hybridized carbons (Fsp3) is 0.583. The van der Waals surface area contributed by atoms with Crippen LogP contribution >= 0.6 is 0 Å². The second-order valence-corrected chi connectivity index (χ2v) is 4.84. The fourth-order valence-electron chi connectivity index (χ4n) is 2.31. The molecule has 1 aromatic rings. The van der Waals surface area contributed by atoms with Crippen molar-refractivity contribution < 1.29 is 9.50 Å². The molecule has 3 nitrogen and oxygen atoms in total. The van der Waals surface area contributed by atoms with Crippen molar-refractivity contribution in [1.82, 2.24) is 4.98 Å². The molecule has 2 heterocycles. The van der Waals surface area contributed by atoms with Crippen LogP contribution in [0.4, 0.5) is 10.2 Å². The van der Waals surface area contributed by atoms with Crippen molar-refractivity contribution in [2.24, 2.45) is 0 Å². The van der Waals surface area contributed by atoms with Gasteiger partial charge in [0.2, 0.25) is 0 Å². The van der Waals surface area contributed by atoms with Crippen molar-refractivity contribution >= 4 is 5.82 Å². The Morgan fingerprint density at radius 1 is 1.50 bits per heavy atom. The lowest BCUT2D eigenvalue weighted by molar-refractivity contribution is 0.0533. The average Bonchev–Trinajstić information content (AvgIpc) is 2.66. The van der Waals surface area contributed by atoms with Gasteiger partial charge in [-0.2, -0.15) is 0 Å². The largest absolute Gasteiger partial charge is 0.388 e. The zero-order valence-corrected chi connectivity index (χ0v) is 9.65. The highest BCUT2D eigenvalue weighted by molar-refractivity contribution is 5.41. The molecular weight excluding hydrogens is 207 g/mol. The molecule has 1 aromatic heterocycles. The van der Waals surface area contributed by atoms with Gasteiger partial charge in [0.15, 0.2) is 0 Å². The van der Waals surface area contributed by atoms with Crippen LogP contribution in [0.15, 0.2) is 18.3 Å². The van der Waals surface area contributed by atoms with Gasteiger partial charge in [-0.3, -0.25) is 0 Å². The number of halogens is 1. The second-order valence-electron chi connectivity index (χ2n) is 4.84. The number of anilines is 1. The molecule has 0 aromatic carbocycles. The van der Waals surface area contributed by atoms with Gasteiger partial charge in [0, 0.05) is 6.54 Å². The van der Waals surface area contributed by atoms with Gasteiger partial charge < -0.3 is 10.0 Å². The minimum Gasteiger partial charge on any atom is -0.388 e. The summed E-state index contributed by atoms with van der Waals surface area (Å²) < 4.78 is 12.8. The molecule has 0 saturated carbocycles. The van der Waals surface area contributed by atoms with E-state index in [2.05, 4.69) is 9.88 Å². The Hall–Kier alpha value is -1.16. The summed E-state index contributed by atoms with van der Waals surface area (Å²) in [6, 6.07) is 3.13. The number of hydrogen-bond acceptors (Lipinski definition) is 3. The van der Waals surface area contributed by atoms with Crippen LogP contribution in [-0.2, 0) is 0 Å².